The van der Waals surface area contributed by atoms with Gasteiger partial charge in [0.15, 0.2) is 15.7 Å². The molecule has 0 bridgehead atoms. The molecule has 0 unspecified atom stereocenters. The third kappa shape index (κ3) is 3.88. The highest BCUT2D eigenvalue weighted by molar-refractivity contribution is 7.90. The monoisotopic (exact) mass is 529 g/mol. The number of hydrogen-bond donors (Lipinski definition) is 1. The Labute approximate surface area is 215 Å². The predicted octanol–water partition coefficient (Wildman–Crippen LogP) is 2.51. The second-order valence-electron chi connectivity index (χ2n) is 12.6. The molecular formula is C26H32FN5O4S. The van der Waals surface area contributed by atoms with Crippen molar-refractivity contribution in [2.24, 2.45) is 16.7 Å². The van der Waals surface area contributed by atoms with Crippen molar-refractivity contribution in [1.82, 2.24) is 24.6 Å². The van der Waals surface area contributed by atoms with Crippen LogP contribution in [0.4, 0.5) is 9.18 Å². The maximum atomic E-state index is 14.4. The Balaban J connectivity index is 0.854. The van der Waals surface area contributed by atoms with Crippen molar-refractivity contribution in [3.63, 3.8) is 0 Å². The number of nitrogens with zero attached hydrogens (tertiary/aromatic N) is 5. The van der Waals surface area contributed by atoms with E-state index in [-0.39, 0.29) is 21.8 Å². The number of urea groups is 1. The molecule has 1 N–H and O–H groups in total. The number of carbonyl (C=O) groups excluding carboxylic acids is 1. The van der Waals surface area contributed by atoms with Crippen LogP contribution in [0.3, 0.4) is 0 Å². The first-order chi connectivity index (χ1) is 17.4. The van der Waals surface area contributed by atoms with Crippen molar-refractivity contribution < 1.29 is 22.7 Å². The van der Waals surface area contributed by atoms with E-state index in [1.807, 2.05) is 14.5 Å². The highest BCUT2D eigenvalue weighted by Gasteiger charge is 2.58. The zero-order valence-corrected chi connectivity index (χ0v) is 21.8. The van der Waals surface area contributed by atoms with Gasteiger partial charge in [0.1, 0.15) is 17.7 Å². The summed E-state index contributed by atoms with van der Waals surface area (Å²) >= 11 is 0. The number of aliphatic hydroxyl groups is 1. The first-order valence-electron chi connectivity index (χ1n) is 13.1. The predicted molar refractivity (Wildman–Crippen MR) is 131 cm³/mol. The molecule has 2 aliphatic heterocycles. The van der Waals surface area contributed by atoms with Gasteiger partial charge in [-0.15, -0.1) is 0 Å². The molecule has 1 aromatic heterocycles. The molecule has 2 amide bonds. The van der Waals surface area contributed by atoms with E-state index in [2.05, 4.69) is 10.1 Å². The summed E-state index contributed by atoms with van der Waals surface area (Å²) in [7, 11) is -3.41. The summed E-state index contributed by atoms with van der Waals surface area (Å²) in [6, 6.07) is 4.62. The van der Waals surface area contributed by atoms with Gasteiger partial charge in [0.25, 0.3) is 0 Å². The van der Waals surface area contributed by atoms with E-state index in [0.717, 1.165) is 77.0 Å². The maximum absolute atomic E-state index is 14.4. The number of carbonyl (C=O) groups is 1. The van der Waals surface area contributed by atoms with Gasteiger partial charge in [0.2, 0.25) is 0 Å². The zero-order valence-electron chi connectivity index (χ0n) is 20.9. The quantitative estimate of drug-likeness (QED) is 0.638. The van der Waals surface area contributed by atoms with Gasteiger partial charge in [-0.1, -0.05) is 6.07 Å². The van der Waals surface area contributed by atoms with Gasteiger partial charge in [0.05, 0.1) is 10.9 Å². The Bertz CT molecular complexity index is 1380. The van der Waals surface area contributed by atoms with Crippen LogP contribution in [0.2, 0.25) is 0 Å². The second-order valence-corrected chi connectivity index (χ2v) is 14.7. The van der Waals surface area contributed by atoms with Crippen molar-refractivity contribution in [3.8, 4) is 0 Å². The fourth-order valence-electron chi connectivity index (χ4n) is 7.19. The van der Waals surface area contributed by atoms with Gasteiger partial charge < -0.3 is 14.9 Å². The third-order valence-electron chi connectivity index (χ3n) is 9.41. The Hall–Kier alpha value is -2.53. The normalized spacial score (nSPS) is 25.4. The molecule has 2 saturated heterocycles. The number of hydrogen-bond acceptors (Lipinski definition) is 6. The lowest BCUT2D eigenvalue weighted by molar-refractivity contribution is -0.107. The molecule has 1 aromatic carbocycles. The van der Waals surface area contributed by atoms with Crippen LogP contribution >= 0.6 is 0 Å². The van der Waals surface area contributed by atoms with Crippen molar-refractivity contribution in [3.05, 3.63) is 41.7 Å². The number of likely N-dealkylation sites (tertiary alicyclic amines) is 2. The minimum atomic E-state index is -3.41. The first kappa shape index (κ1) is 23.6. The SMILES string of the molecule is CS(=O)(=O)c1ccc(CC2CC3(C2)CN(C(=O)N2CC4(CC(n5cnc(C6(O)CC6)n5)C4)C2)C3)c(F)c1. The van der Waals surface area contributed by atoms with E-state index >= 15 is 0 Å². The molecule has 0 radical (unpaired) electrons. The zero-order chi connectivity index (χ0) is 25.8. The Morgan fingerprint density at radius 2 is 1.70 bits per heavy atom. The summed E-state index contributed by atoms with van der Waals surface area (Å²) in [4.78, 5) is 21.2. The van der Waals surface area contributed by atoms with Crippen LogP contribution in [0.15, 0.2) is 29.4 Å². The maximum Gasteiger partial charge on any atom is 0.320 e. The highest BCUT2D eigenvalue weighted by Crippen LogP contribution is 2.56. The molecule has 9 nitrogen and oxygen atoms in total. The van der Waals surface area contributed by atoms with Crippen LogP contribution in [0.1, 0.15) is 56.0 Å². The lowest BCUT2D eigenvalue weighted by Crippen LogP contribution is -2.71. The van der Waals surface area contributed by atoms with Gasteiger partial charge in [0, 0.05) is 43.3 Å². The largest absolute Gasteiger partial charge is 0.382 e. The van der Waals surface area contributed by atoms with E-state index in [0.29, 0.717) is 29.8 Å². The van der Waals surface area contributed by atoms with E-state index in [9.17, 15) is 22.7 Å². The van der Waals surface area contributed by atoms with E-state index in [1.54, 1.807) is 12.4 Å². The fourth-order valence-corrected chi connectivity index (χ4v) is 7.82. The van der Waals surface area contributed by atoms with Crippen molar-refractivity contribution in [1.29, 1.82) is 0 Å². The van der Waals surface area contributed by atoms with Crippen LogP contribution in [0.25, 0.3) is 0 Å². The number of aromatic nitrogens is 3. The lowest BCUT2D eigenvalue weighted by Gasteiger charge is -2.63. The first-order valence-corrected chi connectivity index (χ1v) is 15.0. The van der Waals surface area contributed by atoms with Gasteiger partial charge in [-0.25, -0.2) is 27.3 Å². The standard InChI is InChI=1S/C26H32FN5O4S/c1-37(35,36)20-3-2-18(21(27)7-20)6-17-8-24(9-17)12-30(13-24)23(33)31-14-25(15-31)10-19(11-25)32-16-28-22(29-32)26(34)4-5-26/h2-3,7,16-17,19,34H,4-6,8-15H2,1H3. The van der Waals surface area contributed by atoms with Crippen molar-refractivity contribution >= 4 is 15.9 Å². The lowest BCUT2D eigenvalue weighted by atomic mass is 9.56. The molecule has 2 spiro atoms. The molecule has 5 aliphatic rings. The number of amides is 2. The highest BCUT2D eigenvalue weighted by atomic mass is 32.2. The minimum absolute atomic E-state index is 0.0119. The molecule has 5 fully saturated rings. The van der Waals surface area contributed by atoms with Crippen LogP contribution in [0, 0.1) is 22.6 Å². The Morgan fingerprint density at radius 1 is 1.08 bits per heavy atom. The summed E-state index contributed by atoms with van der Waals surface area (Å²) < 4.78 is 39.6. The molecule has 198 valence electrons. The molecule has 2 aromatic rings. The van der Waals surface area contributed by atoms with Crippen LogP contribution < -0.4 is 0 Å². The molecule has 0 atom stereocenters. The topological polar surface area (TPSA) is 109 Å². The molecular weight excluding hydrogens is 497 g/mol. The summed E-state index contributed by atoms with van der Waals surface area (Å²) in [6.07, 6.45) is 8.83. The summed E-state index contributed by atoms with van der Waals surface area (Å²) in [6.45, 7) is 3.13. The van der Waals surface area contributed by atoms with Gasteiger partial charge in [-0.3, -0.25) is 0 Å². The summed E-state index contributed by atoms with van der Waals surface area (Å²) in [5, 5.41) is 14.7. The summed E-state index contributed by atoms with van der Waals surface area (Å²) in [5.41, 5.74) is 0.131. The molecule has 37 heavy (non-hydrogen) atoms. The number of sulfone groups is 1. The average molecular weight is 530 g/mol. The van der Waals surface area contributed by atoms with Gasteiger partial charge in [-0.2, -0.15) is 5.10 Å². The summed E-state index contributed by atoms with van der Waals surface area (Å²) in [5.74, 6) is 0.454. The Morgan fingerprint density at radius 3 is 2.27 bits per heavy atom. The molecule has 3 saturated carbocycles. The minimum Gasteiger partial charge on any atom is -0.382 e. The van der Waals surface area contributed by atoms with Gasteiger partial charge in [-0.05, 0) is 68.6 Å². The number of rotatable bonds is 5. The molecule has 7 rings (SSSR count). The smallest absolute Gasteiger partial charge is 0.320 e. The van der Waals surface area contributed by atoms with E-state index in [4.69, 9.17) is 0 Å². The van der Waals surface area contributed by atoms with Crippen LogP contribution in [0.5, 0.6) is 0 Å². The van der Waals surface area contributed by atoms with Crippen LogP contribution in [-0.2, 0) is 21.9 Å². The Kier molecular flexibility index (Phi) is 4.80. The third-order valence-corrected chi connectivity index (χ3v) is 10.5. The van der Waals surface area contributed by atoms with E-state index < -0.39 is 21.3 Å². The van der Waals surface area contributed by atoms with Gasteiger partial charge >= 0.3 is 6.03 Å². The molecule has 3 aliphatic carbocycles. The van der Waals surface area contributed by atoms with Crippen molar-refractivity contribution in [2.75, 3.05) is 32.4 Å². The van der Waals surface area contributed by atoms with Crippen molar-refractivity contribution in [2.45, 2.75) is 61.5 Å². The second kappa shape index (κ2) is 7.53. The number of benzene rings is 1. The molecule has 3 heterocycles. The average Bonchev–Trinajstić information content (AvgIpc) is 3.27. The van der Waals surface area contributed by atoms with Crippen LogP contribution in [-0.4, -0.2) is 76.6 Å². The fraction of sp³-hybridized carbons (Fsp3) is 0.654. The molecule has 11 heteroatoms. The number of halogens is 1. The van der Waals surface area contributed by atoms with E-state index in [1.165, 1.54) is 6.07 Å².